The minimum atomic E-state index is -0.744. The molecule has 5 nitrogen and oxygen atoms in total. The predicted molar refractivity (Wildman–Crippen MR) is 99.7 cm³/mol. The van der Waals surface area contributed by atoms with Gasteiger partial charge in [0.1, 0.15) is 5.69 Å². The van der Waals surface area contributed by atoms with E-state index in [1.807, 2.05) is 31.3 Å². The fourth-order valence-corrected chi connectivity index (χ4v) is 2.74. The second-order valence-corrected chi connectivity index (χ2v) is 7.83. The molecule has 0 saturated heterocycles. The highest BCUT2D eigenvalue weighted by Crippen LogP contribution is 2.24. The van der Waals surface area contributed by atoms with Gasteiger partial charge < -0.3 is 10.4 Å². The number of hydrogen-bond acceptors (Lipinski definition) is 3. The highest BCUT2D eigenvalue weighted by atomic mass is 16.3. The fraction of sp³-hybridized carbons (Fsp3) is 0.500. The number of nitrogens with one attached hydrogen (secondary N) is 1. The summed E-state index contributed by atoms with van der Waals surface area (Å²) in [5.74, 6) is 0.0267. The zero-order valence-electron chi connectivity index (χ0n) is 16.0. The lowest BCUT2D eigenvalue weighted by atomic mass is 9.86. The number of benzene rings is 1. The van der Waals surface area contributed by atoms with E-state index in [9.17, 15) is 9.90 Å². The molecule has 0 radical (unpaired) electrons. The molecule has 1 heterocycles. The summed E-state index contributed by atoms with van der Waals surface area (Å²) < 4.78 is 1.72. The lowest BCUT2D eigenvalue weighted by Crippen LogP contribution is -2.28. The van der Waals surface area contributed by atoms with Crippen LogP contribution in [0, 0.1) is 0 Å². The molecule has 2 N–H and O–H groups in total. The van der Waals surface area contributed by atoms with Crippen molar-refractivity contribution in [2.45, 2.75) is 52.1 Å². The molecule has 25 heavy (non-hydrogen) atoms. The number of aliphatic hydroxyl groups is 1. The first-order valence-electron chi connectivity index (χ1n) is 8.70. The van der Waals surface area contributed by atoms with Crippen molar-refractivity contribution in [1.29, 1.82) is 0 Å². The number of nitrogens with zero attached hydrogens (tertiary/aromatic N) is 2. The molecule has 0 bridgehead atoms. The molecular formula is C20H29N3O2. The Morgan fingerprint density at radius 1 is 1.24 bits per heavy atom. The molecule has 5 heteroatoms. The van der Waals surface area contributed by atoms with E-state index < -0.39 is 6.10 Å². The summed E-state index contributed by atoms with van der Waals surface area (Å²) >= 11 is 0. The van der Waals surface area contributed by atoms with Crippen LogP contribution in [-0.2, 0) is 12.5 Å². The van der Waals surface area contributed by atoms with Gasteiger partial charge in [-0.2, -0.15) is 5.10 Å². The number of carbonyl (C=O) groups excluding carboxylic acids is 1. The predicted octanol–water partition coefficient (Wildman–Crippen LogP) is 3.30. The molecule has 1 unspecified atom stereocenters. The zero-order chi connectivity index (χ0) is 18.8. The molecule has 0 saturated carbocycles. The molecule has 1 aromatic heterocycles. The van der Waals surface area contributed by atoms with E-state index in [0.29, 0.717) is 11.6 Å². The number of hydrogen-bond donors (Lipinski definition) is 2. The van der Waals surface area contributed by atoms with Crippen LogP contribution in [0.2, 0.25) is 0 Å². The Bertz CT molecular complexity index is 724. The Hall–Kier alpha value is -2.14. The minimum absolute atomic E-state index is 0.0742. The van der Waals surface area contributed by atoms with E-state index in [0.717, 1.165) is 11.3 Å². The number of aliphatic hydroxyl groups excluding tert-OH is 1. The van der Waals surface area contributed by atoms with E-state index in [1.54, 1.807) is 10.7 Å². The van der Waals surface area contributed by atoms with Gasteiger partial charge in [-0.1, -0.05) is 58.9 Å². The molecule has 0 fully saturated rings. The third-order valence-corrected chi connectivity index (χ3v) is 4.36. The molecule has 1 atom stereocenters. The van der Waals surface area contributed by atoms with Crippen molar-refractivity contribution in [3.05, 3.63) is 52.8 Å². The number of carbonyl (C=O) groups is 1. The molecule has 0 spiro atoms. The summed E-state index contributed by atoms with van der Waals surface area (Å²) in [6.07, 6.45) is -0.744. The van der Waals surface area contributed by atoms with Crippen LogP contribution in [0.25, 0.3) is 0 Å². The lowest BCUT2D eigenvalue weighted by molar-refractivity contribution is 0.0910. The number of aromatic nitrogens is 2. The van der Waals surface area contributed by atoms with Crippen LogP contribution in [0.5, 0.6) is 0 Å². The first-order valence-corrected chi connectivity index (χ1v) is 8.70. The van der Waals surface area contributed by atoms with Crippen LogP contribution in [0.3, 0.4) is 0 Å². The van der Waals surface area contributed by atoms with Gasteiger partial charge in [0.25, 0.3) is 5.91 Å². The lowest BCUT2D eigenvalue weighted by Gasteiger charge is -2.20. The molecule has 2 aromatic rings. The summed E-state index contributed by atoms with van der Waals surface area (Å²) in [5.41, 5.74) is 3.45. The molecule has 2 rings (SSSR count). The topological polar surface area (TPSA) is 67.2 Å². The van der Waals surface area contributed by atoms with Crippen LogP contribution in [0.15, 0.2) is 30.3 Å². The van der Waals surface area contributed by atoms with Gasteiger partial charge in [-0.05, 0) is 28.5 Å². The van der Waals surface area contributed by atoms with Crippen molar-refractivity contribution in [2.24, 2.45) is 7.05 Å². The highest BCUT2D eigenvalue weighted by Gasteiger charge is 2.17. The maximum Gasteiger partial charge on any atom is 0.271 e. The van der Waals surface area contributed by atoms with Gasteiger partial charge in [0.15, 0.2) is 0 Å². The standard InChI is InChI=1S/C20H29N3O2/c1-13(2)17-11-16(22-23(17)6)19(25)21-12-18(24)14-7-9-15(10-8-14)20(3,4)5/h7-11,13,18,24H,12H2,1-6H3,(H,21,25). The van der Waals surface area contributed by atoms with Crippen molar-refractivity contribution in [1.82, 2.24) is 15.1 Å². The van der Waals surface area contributed by atoms with Gasteiger partial charge in [0, 0.05) is 19.3 Å². The molecular weight excluding hydrogens is 314 g/mol. The maximum atomic E-state index is 12.3. The minimum Gasteiger partial charge on any atom is -0.387 e. The Labute approximate surface area is 150 Å². The second kappa shape index (κ2) is 7.40. The molecule has 0 aliphatic rings. The molecule has 0 aliphatic heterocycles. The average molecular weight is 343 g/mol. The van der Waals surface area contributed by atoms with E-state index in [2.05, 4.69) is 45.0 Å². The summed E-state index contributed by atoms with van der Waals surface area (Å²) in [7, 11) is 1.83. The number of amides is 1. The summed E-state index contributed by atoms with van der Waals surface area (Å²) in [5, 5.41) is 17.3. The summed E-state index contributed by atoms with van der Waals surface area (Å²) in [6, 6.07) is 9.66. The summed E-state index contributed by atoms with van der Waals surface area (Å²) in [6.45, 7) is 10.7. The van der Waals surface area contributed by atoms with Crippen molar-refractivity contribution in [3.8, 4) is 0 Å². The van der Waals surface area contributed by atoms with Crippen molar-refractivity contribution < 1.29 is 9.90 Å². The van der Waals surface area contributed by atoms with E-state index >= 15 is 0 Å². The van der Waals surface area contributed by atoms with Crippen LogP contribution in [-0.4, -0.2) is 27.3 Å². The first kappa shape index (κ1) is 19.2. The normalized spacial score (nSPS) is 13.1. The van der Waals surface area contributed by atoms with Gasteiger partial charge >= 0.3 is 0 Å². The Kier molecular flexibility index (Phi) is 5.68. The second-order valence-electron chi connectivity index (χ2n) is 7.83. The molecule has 136 valence electrons. The van der Waals surface area contributed by atoms with Crippen LogP contribution in [0.1, 0.15) is 73.9 Å². The smallest absolute Gasteiger partial charge is 0.271 e. The quantitative estimate of drug-likeness (QED) is 0.875. The van der Waals surface area contributed by atoms with Crippen molar-refractivity contribution in [3.63, 3.8) is 0 Å². The van der Waals surface area contributed by atoms with Gasteiger partial charge in [0.2, 0.25) is 0 Å². The van der Waals surface area contributed by atoms with Crippen LogP contribution >= 0.6 is 0 Å². The van der Waals surface area contributed by atoms with Gasteiger partial charge in [-0.3, -0.25) is 9.48 Å². The van der Waals surface area contributed by atoms with Gasteiger partial charge in [-0.15, -0.1) is 0 Å². The van der Waals surface area contributed by atoms with Crippen LogP contribution < -0.4 is 5.32 Å². The Balaban J connectivity index is 1.98. The van der Waals surface area contributed by atoms with Crippen molar-refractivity contribution in [2.75, 3.05) is 6.54 Å². The largest absolute Gasteiger partial charge is 0.387 e. The van der Waals surface area contributed by atoms with E-state index in [4.69, 9.17) is 0 Å². The molecule has 1 aromatic carbocycles. The highest BCUT2D eigenvalue weighted by molar-refractivity contribution is 5.92. The summed E-state index contributed by atoms with van der Waals surface area (Å²) in [4.78, 5) is 12.3. The van der Waals surface area contributed by atoms with Gasteiger partial charge in [-0.25, -0.2) is 0 Å². The van der Waals surface area contributed by atoms with Crippen molar-refractivity contribution >= 4 is 5.91 Å². The molecule has 1 amide bonds. The third-order valence-electron chi connectivity index (χ3n) is 4.36. The SMILES string of the molecule is CC(C)c1cc(C(=O)NCC(O)c2ccc(C(C)(C)C)cc2)nn1C. The van der Waals surface area contributed by atoms with E-state index in [-0.39, 0.29) is 17.9 Å². The van der Waals surface area contributed by atoms with Gasteiger partial charge in [0.05, 0.1) is 6.10 Å². The number of rotatable bonds is 5. The third kappa shape index (κ3) is 4.69. The monoisotopic (exact) mass is 343 g/mol. The zero-order valence-corrected chi connectivity index (χ0v) is 16.0. The first-order chi connectivity index (χ1) is 11.6. The number of aryl methyl sites for hydroxylation is 1. The van der Waals surface area contributed by atoms with E-state index in [1.165, 1.54) is 5.56 Å². The van der Waals surface area contributed by atoms with Crippen LogP contribution in [0.4, 0.5) is 0 Å². The average Bonchev–Trinajstić information content (AvgIpc) is 2.93. The fourth-order valence-electron chi connectivity index (χ4n) is 2.74. The Morgan fingerprint density at radius 3 is 2.32 bits per heavy atom. The Morgan fingerprint density at radius 2 is 1.84 bits per heavy atom. The molecule has 0 aliphatic carbocycles. The maximum absolute atomic E-state index is 12.3.